The normalized spacial score (nSPS) is 10.9. The van der Waals surface area contributed by atoms with E-state index in [1.807, 2.05) is 0 Å². The first-order valence-electron chi connectivity index (χ1n) is 7.80. The van der Waals surface area contributed by atoms with E-state index < -0.39 is 35.5 Å². The number of amides is 1. The number of benzene rings is 1. The zero-order valence-corrected chi connectivity index (χ0v) is 16.2. The highest BCUT2D eigenvalue weighted by molar-refractivity contribution is 7.21. The number of rotatable bonds is 4. The predicted molar refractivity (Wildman–Crippen MR) is 103 cm³/mol. The second kappa shape index (κ2) is 7.56. The molecule has 0 radical (unpaired) electrons. The average Bonchev–Trinajstić information content (AvgIpc) is 2.98. The molecule has 0 saturated heterocycles. The Kier molecular flexibility index (Phi) is 5.34. The zero-order chi connectivity index (χ0) is 20.6. The van der Waals surface area contributed by atoms with Crippen LogP contribution in [-0.4, -0.2) is 27.6 Å². The molecule has 28 heavy (non-hydrogen) atoms. The van der Waals surface area contributed by atoms with E-state index in [-0.39, 0.29) is 15.7 Å². The highest BCUT2D eigenvalue weighted by Gasteiger charge is 2.20. The van der Waals surface area contributed by atoms with Crippen molar-refractivity contribution >= 4 is 50.7 Å². The number of nitrogens with one attached hydrogen (secondary N) is 1. The van der Waals surface area contributed by atoms with Crippen LogP contribution in [0.4, 0.5) is 10.2 Å². The Morgan fingerprint density at radius 2 is 1.93 bits per heavy atom. The summed E-state index contributed by atoms with van der Waals surface area (Å²) < 4.78 is 20.7. The van der Waals surface area contributed by atoms with Crippen LogP contribution < -0.4 is 16.6 Å². The van der Waals surface area contributed by atoms with Crippen molar-refractivity contribution in [2.45, 2.75) is 0 Å². The van der Waals surface area contributed by atoms with Crippen LogP contribution >= 0.6 is 22.9 Å². The first-order chi connectivity index (χ1) is 13.2. The molecule has 1 N–H and O–H groups in total. The van der Waals surface area contributed by atoms with Gasteiger partial charge in [0, 0.05) is 30.2 Å². The smallest absolute Gasteiger partial charge is 0.350 e. The van der Waals surface area contributed by atoms with E-state index in [2.05, 4.69) is 5.32 Å². The van der Waals surface area contributed by atoms with Crippen LogP contribution in [0.1, 0.15) is 9.67 Å². The first kappa shape index (κ1) is 19.8. The average molecular weight is 426 g/mol. The third-order valence-electron chi connectivity index (χ3n) is 3.90. The van der Waals surface area contributed by atoms with Crippen molar-refractivity contribution in [1.82, 2.24) is 9.13 Å². The Morgan fingerprint density at radius 1 is 1.21 bits per heavy atom. The Morgan fingerprint density at radius 3 is 2.64 bits per heavy atom. The van der Waals surface area contributed by atoms with Gasteiger partial charge in [-0.1, -0.05) is 11.6 Å². The van der Waals surface area contributed by atoms with Crippen LogP contribution in [0.2, 0.25) is 5.02 Å². The second-order valence-corrected chi connectivity index (χ2v) is 7.21. The summed E-state index contributed by atoms with van der Waals surface area (Å²) in [6.45, 7) is -0.666. The van der Waals surface area contributed by atoms with E-state index in [0.717, 1.165) is 26.5 Å². The summed E-state index contributed by atoms with van der Waals surface area (Å²) in [5.74, 6) is -2.10. The molecule has 3 rings (SSSR count). The molecular weight excluding hydrogens is 413 g/mol. The fraction of sp³-hybridized carbons (Fsp3) is 0.176. The van der Waals surface area contributed by atoms with Crippen LogP contribution in [0, 0.1) is 5.82 Å². The molecule has 11 heteroatoms. The first-order valence-corrected chi connectivity index (χ1v) is 9.00. The number of thiophene rings is 1. The van der Waals surface area contributed by atoms with E-state index in [0.29, 0.717) is 10.1 Å². The molecule has 0 saturated carbocycles. The predicted octanol–water partition coefficient (Wildman–Crippen LogP) is 1.89. The molecule has 0 spiro atoms. The summed E-state index contributed by atoms with van der Waals surface area (Å²) in [6.07, 6.45) is 0. The van der Waals surface area contributed by atoms with E-state index in [9.17, 15) is 23.6 Å². The van der Waals surface area contributed by atoms with Crippen LogP contribution in [-0.2, 0) is 23.6 Å². The summed E-state index contributed by atoms with van der Waals surface area (Å²) in [6, 6.07) is 4.98. The number of ether oxygens (including phenoxy) is 1. The highest BCUT2D eigenvalue weighted by atomic mass is 35.5. The van der Waals surface area contributed by atoms with Gasteiger partial charge in [0.15, 0.2) is 6.61 Å². The van der Waals surface area contributed by atoms with Gasteiger partial charge in [-0.2, -0.15) is 0 Å². The SMILES string of the molecule is Cn1c(NC(=O)COC(=O)c2sc3cc(F)ccc3c2Cl)cc(=O)n(C)c1=O. The monoisotopic (exact) mass is 425 g/mol. The molecule has 8 nitrogen and oxygen atoms in total. The Hall–Kier alpha value is -2.98. The minimum absolute atomic E-state index is 0.0375. The largest absolute Gasteiger partial charge is 0.451 e. The molecule has 1 amide bonds. The summed E-state index contributed by atoms with van der Waals surface area (Å²) in [7, 11) is 2.68. The van der Waals surface area contributed by atoms with Gasteiger partial charge in [0.25, 0.3) is 11.5 Å². The van der Waals surface area contributed by atoms with Gasteiger partial charge < -0.3 is 10.1 Å². The number of carbonyl (C=O) groups excluding carboxylic acids is 2. The number of halogens is 2. The lowest BCUT2D eigenvalue weighted by atomic mass is 10.2. The maximum atomic E-state index is 13.3. The van der Waals surface area contributed by atoms with Gasteiger partial charge in [0.1, 0.15) is 16.5 Å². The van der Waals surface area contributed by atoms with Gasteiger partial charge in [0.2, 0.25) is 0 Å². The zero-order valence-electron chi connectivity index (χ0n) is 14.6. The topological polar surface area (TPSA) is 99.4 Å². The van der Waals surface area contributed by atoms with Crippen molar-refractivity contribution in [3.05, 3.63) is 60.8 Å². The van der Waals surface area contributed by atoms with Gasteiger partial charge >= 0.3 is 11.7 Å². The van der Waals surface area contributed by atoms with Gasteiger partial charge in [-0.05, 0) is 18.2 Å². The lowest BCUT2D eigenvalue weighted by molar-refractivity contribution is -0.119. The Balaban J connectivity index is 1.72. The van der Waals surface area contributed by atoms with E-state index in [1.54, 1.807) is 0 Å². The molecular formula is C17H13ClFN3O5S. The van der Waals surface area contributed by atoms with Crippen molar-refractivity contribution in [1.29, 1.82) is 0 Å². The van der Waals surface area contributed by atoms with Crippen LogP contribution in [0.15, 0.2) is 33.9 Å². The van der Waals surface area contributed by atoms with Crippen molar-refractivity contribution in [2.75, 3.05) is 11.9 Å². The minimum Gasteiger partial charge on any atom is -0.451 e. The number of hydrogen-bond acceptors (Lipinski definition) is 6. The van der Waals surface area contributed by atoms with Gasteiger partial charge in [-0.25, -0.2) is 14.0 Å². The Bertz CT molecular complexity index is 1230. The fourth-order valence-corrected chi connectivity index (χ4v) is 3.83. The van der Waals surface area contributed by atoms with Crippen LogP contribution in [0.25, 0.3) is 10.1 Å². The maximum Gasteiger partial charge on any atom is 0.350 e. The molecule has 0 unspecified atom stereocenters. The van der Waals surface area contributed by atoms with Gasteiger partial charge in [0.05, 0.1) is 5.02 Å². The van der Waals surface area contributed by atoms with E-state index in [4.69, 9.17) is 16.3 Å². The molecule has 0 aliphatic heterocycles. The second-order valence-electron chi connectivity index (χ2n) is 5.78. The summed E-state index contributed by atoms with van der Waals surface area (Å²) in [5.41, 5.74) is -1.22. The van der Waals surface area contributed by atoms with E-state index in [1.165, 1.54) is 32.3 Å². The van der Waals surface area contributed by atoms with Gasteiger partial charge in [-0.15, -0.1) is 11.3 Å². The standard InChI is InChI=1S/C17H13ClFN3O5S/c1-21-11(6-13(24)22(2)17(21)26)20-12(23)7-27-16(25)15-14(18)9-4-3-8(19)5-10(9)28-15/h3-6H,7H2,1-2H3,(H,20,23). The lowest BCUT2D eigenvalue weighted by Gasteiger charge is -2.10. The number of anilines is 1. The van der Waals surface area contributed by atoms with Crippen LogP contribution in [0.3, 0.4) is 0 Å². The molecule has 146 valence electrons. The van der Waals surface area contributed by atoms with Crippen molar-refractivity contribution < 1.29 is 18.7 Å². The summed E-state index contributed by atoms with van der Waals surface area (Å²) in [4.78, 5) is 47.8. The summed E-state index contributed by atoms with van der Waals surface area (Å²) in [5, 5.41) is 2.94. The molecule has 0 aliphatic carbocycles. The van der Waals surface area contributed by atoms with Crippen molar-refractivity contribution in [3.63, 3.8) is 0 Å². The summed E-state index contributed by atoms with van der Waals surface area (Å²) >= 11 is 7.07. The third kappa shape index (κ3) is 3.69. The molecule has 3 aromatic rings. The molecule has 0 atom stereocenters. The number of nitrogens with zero attached hydrogens (tertiary/aromatic N) is 2. The fourth-order valence-electron chi connectivity index (χ4n) is 2.40. The molecule has 0 fully saturated rings. The number of hydrogen-bond donors (Lipinski definition) is 1. The van der Waals surface area contributed by atoms with E-state index >= 15 is 0 Å². The van der Waals surface area contributed by atoms with Gasteiger partial charge in [-0.3, -0.25) is 18.7 Å². The molecule has 1 aromatic carbocycles. The molecule has 0 bridgehead atoms. The quantitative estimate of drug-likeness (QED) is 0.643. The highest BCUT2D eigenvalue weighted by Crippen LogP contribution is 2.36. The van der Waals surface area contributed by atoms with Crippen molar-refractivity contribution in [2.24, 2.45) is 14.1 Å². The third-order valence-corrected chi connectivity index (χ3v) is 5.54. The maximum absolute atomic E-state index is 13.3. The number of esters is 1. The number of aromatic nitrogens is 2. The number of carbonyl (C=O) groups is 2. The van der Waals surface area contributed by atoms with Crippen LogP contribution in [0.5, 0.6) is 0 Å². The molecule has 2 aromatic heterocycles. The van der Waals surface area contributed by atoms with Crippen molar-refractivity contribution in [3.8, 4) is 0 Å². The minimum atomic E-state index is -0.848. The molecule has 0 aliphatic rings. The lowest BCUT2D eigenvalue weighted by Crippen LogP contribution is -2.38. The molecule has 2 heterocycles. The number of fused-ring (bicyclic) bond motifs is 1. The Labute approximate surface area is 165 Å².